The Labute approximate surface area is 77.3 Å². The Balaban J connectivity index is 2.68. The van der Waals surface area contributed by atoms with Crippen LogP contribution in [0.4, 0.5) is 0 Å². The maximum absolute atomic E-state index is 4.40. The summed E-state index contributed by atoms with van der Waals surface area (Å²) in [6.45, 7) is 7.87. The molecule has 0 aliphatic rings. The van der Waals surface area contributed by atoms with E-state index in [1.54, 1.807) is 0 Å². The van der Waals surface area contributed by atoms with Crippen LogP contribution < -0.4 is 0 Å². The lowest BCUT2D eigenvalue weighted by atomic mass is 10.2. The van der Waals surface area contributed by atoms with Crippen molar-refractivity contribution in [3.8, 4) is 0 Å². The predicted molar refractivity (Wildman–Crippen MR) is 55.5 cm³/mol. The number of aromatic nitrogens is 2. The summed E-state index contributed by atoms with van der Waals surface area (Å²) >= 11 is 0. The van der Waals surface area contributed by atoms with Crippen molar-refractivity contribution in [2.75, 3.05) is 0 Å². The summed E-state index contributed by atoms with van der Waals surface area (Å²) in [5.74, 6) is 0.876. The smallest absolute Gasteiger partial charge is 0.133 e. The van der Waals surface area contributed by atoms with Gasteiger partial charge in [-0.25, -0.2) is 4.98 Å². The molecule has 1 aromatic carbocycles. The number of imidazole rings is 1. The van der Waals surface area contributed by atoms with Crippen LogP contribution in [0.25, 0.3) is 16.6 Å². The van der Waals surface area contributed by atoms with Gasteiger partial charge in [0.1, 0.15) is 5.82 Å². The number of rotatable bonds is 1. The highest BCUT2D eigenvalue weighted by Gasteiger charge is 2.01. The van der Waals surface area contributed by atoms with Crippen LogP contribution in [0.2, 0.25) is 0 Å². The monoisotopic (exact) mass is 172 g/mol. The van der Waals surface area contributed by atoms with Crippen LogP contribution in [0, 0.1) is 6.92 Å². The molecular formula is C11H12N2. The van der Waals surface area contributed by atoms with Gasteiger partial charge < -0.3 is 4.98 Å². The van der Waals surface area contributed by atoms with Crippen molar-refractivity contribution in [1.29, 1.82) is 0 Å². The van der Waals surface area contributed by atoms with Gasteiger partial charge in [-0.2, -0.15) is 0 Å². The van der Waals surface area contributed by atoms with Crippen molar-refractivity contribution >= 4 is 16.6 Å². The number of nitrogens with zero attached hydrogens (tertiary/aromatic N) is 1. The molecule has 13 heavy (non-hydrogen) atoms. The quantitative estimate of drug-likeness (QED) is 0.704. The second kappa shape index (κ2) is 2.73. The molecule has 0 fully saturated rings. The first kappa shape index (κ1) is 8.05. The molecule has 1 aromatic heterocycles. The summed E-state index contributed by atoms with van der Waals surface area (Å²) < 4.78 is 0. The minimum Gasteiger partial charge on any atom is -0.338 e. The van der Waals surface area contributed by atoms with Gasteiger partial charge in [0.25, 0.3) is 0 Å². The van der Waals surface area contributed by atoms with Crippen LogP contribution in [0.1, 0.15) is 18.3 Å². The zero-order valence-electron chi connectivity index (χ0n) is 7.89. The Morgan fingerprint density at radius 3 is 2.92 bits per heavy atom. The van der Waals surface area contributed by atoms with Crippen LogP contribution in [0.15, 0.2) is 24.8 Å². The molecule has 0 spiro atoms. The average molecular weight is 172 g/mol. The van der Waals surface area contributed by atoms with Crippen molar-refractivity contribution in [1.82, 2.24) is 9.97 Å². The molecule has 0 aliphatic heterocycles. The van der Waals surface area contributed by atoms with Gasteiger partial charge in [0.2, 0.25) is 0 Å². The third-order valence-electron chi connectivity index (χ3n) is 2.04. The van der Waals surface area contributed by atoms with E-state index in [4.69, 9.17) is 0 Å². The number of H-pyrrole nitrogens is 1. The van der Waals surface area contributed by atoms with Crippen molar-refractivity contribution < 1.29 is 0 Å². The van der Waals surface area contributed by atoms with Crippen LogP contribution in [-0.2, 0) is 0 Å². The molecule has 0 unspecified atom stereocenters. The Morgan fingerprint density at radius 2 is 2.23 bits per heavy atom. The van der Waals surface area contributed by atoms with Crippen LogP contribution in [0.3, 0.4) is 0 Å². The number of aryl methyl sites for hydroxylation is 1. The zero-order chi connectivity index (χ0) is 9.42. The van der Waals surface area contributed by atoms with E-state index >= 15 is 0 Å². The van der Waals surface area contributed by atoms with Gasteiger partial charge in [0, 0.05) is 0 Å². The maximum atomic E-state index is 4.40. The number of benzene rings is 1. The SMILES string of the molecule is C=C(C)c1nc2ccc(C)cc2[nH]1. The van der Waals surface area contributed by atoms with Crippen molar-refractivity contribution in [2.24, 2.45) is 0 Å². The number of hydrogen-bond donors (Lipinski definition) is 1. The van der Waals surface area contributed by atoms with Gasteiger partial charge in [0.05, 0.1) is 11.0 Å². The highest BCUT2D eigenvalue weighted by Crippen LogP contribution is 2.16. The fraction of sp³-hybridized carbons (Fsp3) is 0.182. The van der Waals surface area contributed by atoms with E-state index < -0.39 is 0 Å². The van der Waals surface area contributed by atoms with Crippen molar-refractivity contribution in [2.45, 2.75) is 13.8 Å². The van der Waals surface area contributed by atoms with Gasteiger partial charge in [-0.15, -0.1) is 0 Å². The second-order valence-corrected chi connectivity index (χ2v) is 3.39. The molecule has 0 saturated heterocycles. The Hall–Kier alpha value is -1.57. The topological polar surface area (TPSA) is 28.7 Å². The average Bonchev–Trinajstić information content (AvgIpc) is 2.46. The second-order valence-electron chi connectivity index (χ2n) is 3.39. The van der Waals surface area contributed by atoms with Crippen LogP contribution in [-0.4, -0.2) is 9.97 Å². The van der Waals surface area contributed by atoms with E-state index in [0.717, 1.165) is 22.4 Å². The van der Waals surface area contributed by atoms with E-state index in [-0.39, 0.29) is 0 Å². The number of hydrogen-bond acceptors (Lipinski definition) is 1. The number of nitrogens with one attached hydrogen (secondary N) is 1. The summed E-state index contributed by atoms with van der Waals surface area (Å²) in [5.41, 5.74) is 4.29. The van der Waals surface area contributed by atoms with E-state index in [9.17, 15) is 0 Å². The van der Waals surface area contributed by atoms with Crippen molar-refractivity contribution in [3.63, 3.8) is 0 Å². The van der Waals surface area contributed by atoms with Crippen molar-refractivity contribution in [3.05, 3.63) is 36.2 Å². The molecule has 0 amide bonds. The van der Waals surface area contributed by atoms with Crippen LogP contribution >= 0.6 is 0 Å². The molecule has 66 valence electrons. The summed E-state index contributed by atoms with van der Waals surface area (Å²) in [6.07, 6.45) is 0. The van der Waals surface area contributed by atoms with Gasteiger partial charge in [-0.05, 0) is 37.1 Å². The molecular weight excluding hydrogens is 160 g/mol. The van der Waals surface area contributed by atoms with Gasteiger partial charge in [-0.1, -0.05) is 12.6 Å². The minimum absolute atomic E-state index is 0.876. The normalized spacial score (nSPS) is 10.6. The molecule has 2 nitrogen and oxygen atoms in total. The van der Waals surface area contributed by atoms with E-state index in [0.29, 0.717) is 0 Å². The number of allylic oxidation sites excluding steroid dienone is 1. The fourth-order valence-corrected chi connectivity index (χ4v) is 1.33. The summed E-state index contributed by atoms with van der Waals surface area (Å²) in [6, 6.07) is 6.17. The lowest BCUT2D eigenvalue weighted by molar-refractivity contribution is 1.26. The number of aromatic amines is 1. The van der Waals surface area contributed by atoms with Gasteiger partial charge in [0.15, 0.2) is 0 Å². The highest BCUT2D eigenvalue weighted by atomic mass is 14.9. The lowest BCUT2D eigenvalue weighted by Crippen LogP contribution is -1.78. The molecule has 2 heteroatoms. The maximum Gasteiger partial charge on any atom is 0.133 e. The molecule has 0 saturated carbocycles. The first-order chi connectivity index (χ1) is 6.16. The third kappa shape index (κ3) is 1.35. The van der Waals surface area contributed by atoms with E-state index in [2.05, 4.69) is 35.6 Å². The first-order valence-corrected chi connectivity index (χ1v) is 4.29. The lowest BCUT2D eigenvalue weighted by Gasteiger charge is -1.89. The van der Waals surface area contributed by atoms with Crippen LogP contribution in [0.5, 0.6) is 0 Å². The minimum atomic E-state index is 0.876. The summed E-state index contributed by atoms with van der Waals surface area (Å²) in [7, 11) is 0. The summed E-state index contributed by atoms with van der Waals surface area (Å²) in [4.78, 5) is 7.62. The Kier molecular flexibility index (Phi) is 1.69. The third-order valence-corrected chi connectivity index (χ3v) is 2.04. The molecule has 1 N–H and O–H groups in total. The largest absolute Gasteiger partial charge is 0.338 e. The Morgan fingerprint density at radius 1 is 1.46 bits per heavy atom. The molecule has 0 atom stereocenters. The highest BCUT2D eigenvalue weighted by molar-refractivity contribution is 5.78. The standard InChI is InChI=1S/C11H12N2/c1-7(2)11-12-9-5-4-8(3)6-10(9)13-11/h4-6H,1H2,2-3H3,(H,12,13). The first-order valence-electron chi connectivity index (χ1n) is 4.29. The summed E-state index contributed by atoms with van der Waals surface area (Å²) in [5, 5.41) is 0. The van der Waals surface area contributed by atoms with Gasteiger partial charge >= 0.3 is 0 Å². The van der Waals surface area contributed by atoms with Gasteiger partial charge in [-0.3, -0.25) is 0 Å². The molecule has 2 rings (SSSR count). The van der Waals surface area contributed by atoms with E-state index in [1.807, 2.05) is 13.0 Å². The number of fused-ring (bicyclic) bond motifs is 1. The van der Waals surface area contributed by atoms with E-state index in [1.165, 1.54) is 5.56 Å². The zero-order valence-corrected chi connectivity index (χ0v) is 7.89. The molecule has 0 bridgehead atoms. The molecule has 2 aromatic rings. The predicted octanol–water partition coefficient (Wildman–Crippen LogP) is 2.90. The fourth-order valence-electron chi connectivity index (χ4n) is 1.33. The molecule has 1 heterocycles. The molecule has 0 aliphatic carbocycles. The molecule has 0 radical (unpaired) electrons. The Bertz CT molecular complexity index is 466.